The number of hydrogen-bond donors (Lipinski definition) is 1. The maximum absolute atomic E-state index is 10.6. The van der Waals surface area contributed by atoms with Crippen molar-refractivity contribution in [3.8, 4) is 23.0 Å². The fourth-order valence-electron chi connectivity index (χ4n) is 4.21. The molecule has 1 aliphatic heterocycles. The first-order valence-electron chi connectivity index (χ1n) is 10.4. The molecule has 31 heavy (non-hydrogen) atoms. The van der Waals surface area contributed by atoms with Crippen molar-refractivity contribution in [2.75, 3.05) is 38.8 Å². The van der Waals surface area contributed by atoms with Crippen molar-refractivity contribution in [1.82, 2.24) is 4.98 Å². The number of rotatable bonds is 7. The van der Waals surface area contributed by atoms with Gasteiger partial charge in [-0.05, 0) is 60.9 Å². The van der Waals surface area contributed by atoms with E-state index in [0.717, 1.165) is 46.8 Å². The molecule has 0 amide bonds. The van der Waals surface area contributed by atoms with Crippen LogP contribution in [0.4, 0.5) is 5.69 Å². The molecule has 0 unspecified atom stereocenters. The lowest BCUT2D eigenvalue weighted by Gasteiger charge is -2.24. The van der Waals surface area contributed by atoms with Crippen LogP contribution in [0.1, 0.15) is 30.9 Å². The van der Waals surface area contributed by atoms with E-state index in [1.165, 1.54) is 12.8 Å². The molecule has 6 nitrogen and oxygen atoms in total. The number of ether oxygens (including phenoxy) is 3. The van der Waals surface area contributed by atoms with Crippen LogP contribution >= 0.6 is 12.4 Å². The van der Waals surface area contributed by atoms with Gasteiger partial charge in [-0.3, -0.25) is 4.98 Å². The third-order valence-corrected chi connectivity index (χ3v) is 5.62. The molecule has 1 saturated heterocycles. The van der Waals surface area contributed by atoms with Crippen LogP contribution < -0.4 is 19.1 Å². The zero-order valence-electron chi connectivity index (χ0n) is 18.2. The summed E-state index contributed by atoms with van der Waals surface area (Å²) in [6.45, 7) is 4.42. The fourth-order valence-corrected chi connectivity index (χ4v) is 4.21. The van der Waals surface area contributed by atoms with Gasteiger partial charge in [0.05, 0.1) is 20.8 Å². The summed E-state index contributed by atoms with van der Waals surface area (Å²) < 4.78 is 17.0. The number of phenolic OH excluding ortho intramolecular Hbond substituents is 1. The van der Waals surface area contributed by atoms with Crippen LogP contribution in [0.3, 0.4) is 0 Å². The van der Waals surface area contributed by atoms with E-state index in [2.05, 4.69) is 22.0 Å². The van der Waals surface area contributed by atoms with E-state index in [0.29, 0.717) is 24.2 Å². The van der Waals surface area contributed by atoms with Crippen LogP contribution in [0.15, 0.2) is 36.7 Å². The molecule has 0 spiro atoms. The fraction of sp³-hybridized carbons (Fsp3) is 0.375. The van der Waals surface area contributed by atoms with Crippen molar-refractivity contribution < 1.29 is 19.3 Å². The normalized spacial score (nSPS) is 13.2. The van der Waals surface area contributed by atoms with E-state index in [1.54, 1.807) is 20.4 Å². The summed E-state index contributed by atoms with van der Waals surface area (Å²) in [4.78, 5) is 6.68. The number of aromatic hydroxyl groups is 1. The van der Waals surface area contributed by atoms with E-state index < -0.39 is 0 Å². The smallest absolute Gasteiger partial charge is 0.167 e. The number of phenols is 1. The first kappa shape index (κ1) is 22.8. The van der Waals surface area contributed by atoms with Crippen molar-refractivity contribution in [2.24, 2.45) is 0 Å². The Labute approximate surface area is 189 Å². The Kier molecular flexibility index (Phi) is 7.33. The summed E-state index contributed by atoms with van der Waals surface area (Å²) >= 11 is 0. The van der Waals surface area contributed by atoms with Crippen molar-refractivity contribution in [1.29, 1.82) is 0 Å². The standard InChI is InChI=1S/C24H28N2O4.ClH/c1-4-30-20-8-7-18-17(14-25-15-19(18)24(20)27)11-16-12-21(28-2)23(22(13-16)29-3)26-9-5-6-10-26;/h7-8,12-15,27H,4-6,9-11H2,1-3H3;1H. The number of pyridine rings is 1. The molecule has 1 aliphatic rings. The number of fused-ring (bicyclic) bond motifs is 1. The lowest BCUT2D eigenvalue weighted by Crippen LogP contribution is -2.19. The average Bonchev–Trinajstić information content (AvgIpc) is 3.30. The van der Waals surface area contributed by atoms with Crippen molar-refractivity contribution >= 4 is 28.9 Å². The highest BCUT2D eigenvalue weighted by Gasteiger charge is 2.22. The predicted molar refractivity (Wildman–Crippen MR) is 126 cm³/mol. The molecule has 3 aromatic rings. The van der Waals surface area contributed by atoms with Gasteiger partial charge in [0.2, 0.25) is 0 Å². The average molecular weight is 445 g/mol. The summed E-state index contributed by atoms with van der Waals surface area (Å²) in [6, 6.07) is 7.93. The molecule has 2 heterocycles. The zero-order chi connectivity index (χ0) is 21.1. The zero-order valence-corrected chi connectivity index (χ0v) is 19.0. The van der Waals surface area contributed by atoms with Crippen LogP contribution in [0, 0.1) is 0 Å². The van der Waals surface area contributed by atoms with Crippen LogP contribution in [-0.2, 0) is 6.42 Å². The molecule has 7 heteroatoms. The second-order valence-corrected chi connectivity index (χ2v) is 7.46. The van der Waals surface area contributed by atoms with Crippen LogP contribution in [0.2, 0.25) is 0 Å². The second kappa shape index (κ2) is 9.96. The van der Waals surface area contributed by atoms with Crippen molar-refractivity contribution in [3.05, 3.63) is 47.8 Å². The molecule has 2 aromatic carbocycles. The molecule has 0 atom stereocenters. The third-order valence-electron chi connectivity index (χ3n) is 5.62. The maximum Gasteiger partial charge on any atom is 0.167 e. The summed E-state index contributed by atoms with van der Waals surface area (Å²) in [6.07, 6.45) is 6.53. The van der Waals surface area contributed by atoms with E-state index in [-0.39, 0.29) is 18.2 Å². The van der Waals surface area contributed by atoms with E-state index in [9.17, 15) is 5.11 Å². The molecule has 0 bridgehead atoms. The first-order chi connectivity index (χ1) is 14.7. The lowest BCUT2D eigenvalue weighted by atomic mass is 9.99. The summed E-state index contributed by atoms with van der Waals surface area (Å²) in [5, 5.41) is 12.2. The van der Waals surface area contributed by atoms with Crippen molar-refractivity contribution in [2.45, 2.75) is 26.2 Å². The van der Waals surface area contributed by atoms with Crippen LogP contribution in [0.5, 0.6) is 23.0 Å². The molecular formula is C24H29ClN2O4. The topological polar surface area (TPSA) is 64.1 Å². The van der Waals surface area contributed by atoms with Gasteiger partial charge in [0.25, 0.3) is 0 Å². The number of methoxy groups -OCH3 is 2. The summed E-state index contributed by atoms with van der Waals surface area (Å²) in [5.74, 6) is 2.24. The molecule has 0 aliphatic carbocycles. The number of hydrogen-bond acceptors (Lipinski definition) is 6. The Morgan fingerprint density at radius 2 is 1.65 bits per heavy atom. The van der Waals surface area contributed by atoms with Gasteiger partial charge in [-0.1, -0.05) is 6.07 Å². The Morgan fingerprint density at radius 3 is 2.26 bits per heavy atom. The molecular weight excluding hydrogens is 416 g/mol. The van der Waals surface area contributed by atoms with E-state index in [1.807, 2.05) is 25.3 Å². The first-order valence-corrected chi connectivity index (χ1v) is 10.4. The van der Waals surface area contributed by atoms with Crippen LogP contribution in [-0.4, -0.2) is 44.0 Å². The third kappa shape index (κ3) is 4.44. The minimum Gasteiger partial charge on any atom is -0.504 e. The Bertz CT molecular complexity index is 1030. The number of benzene rings is 2. The van der Waals surface area contributed by atoms with Crippen LogP contribution in [0.25, 0.3) is 10.8 Å². The molecule has 1 fully saturated rings. The van der Waals surface area contributed by atoms with E-state index >= 15 is 0 Å². The minimum atomic E-state index is 0. The Hall–Kier alpha value is -2.86. The summed E-state index contributed by atoms with van der Waals surface area (Å²) in [5.41, 5.74) is 3.11. The Balaban J connectivity index is 0.00000272. The highest BCUT2D eigenvalue weighted by molar-refractivity contribution is 5.92. The molecule has 1 N–H and O–H groups in total. The number of anilines is 1. The van der Waals surface area contributed by atoms with Gasteiger partial charge in [0, 0.05) is 30.9 Å². The molecule has 1 aromatic heterocycles. The van der Waals surface area contributed by atoms with Gasteiger partial charge >= 0.3 is 0 Å². The van der Waals surface area contributed by atoms with Gasteiger partial charge in [0.1, 0.15) is 17.2 Å². The quantitative estimate of drug-likeness (QED) is 0.555. The second-order valence-electron chi connectivity index (χ2n) is 7.46. The highest BCUT2D eigenvalue weighted by atomic mass is 35.5. The number of nitrogens with zero attached hydrogens (tertiary/aromatic N) is 2. The lowest BCUT2D eigenvalue weighted by molar-refractivity contribution is 0.320. The Morgan fingerprint density at radius 1 is 0.968 bits per heavy atom. The molecule has 0 radical (unpaired) electrons. The van der Waals surface area contributed by atoms with E-state index in [4.69, 9.17) is 14.2 Å². The summed E-state index contributed by atoms with van der Waals surface area (Å²) in [7, 11) is 3.40. The van der Waals surface area contributed by atoms with Gasteiger partial charge in [-0.15, -0.1) is 12.4 Å². The number of aromatic nitrogens is 1. The highest BCUT2D eigenvalue weighted by Crippen LogP contribution is 2.42. The molecule has 4 rings (SSSR count). The van der Waals surface area contributed by atoms with Crippen molar-refractivity contribution in [3.63, 3.8) is 0 Å². The van der Waals surface area contributed by atoms with Gasteiger partial charge in [-0.25, -0.2) is 0 Å². The molecule has 166 valence electrons. The SMILES string of the molecule is CCOc1ccc2c(Cc3cc(OC)c(N4CCCC4)c(OC)c3)cncc2c1O.Cl. The number of halogens is 1. The predicted octanol–water partition coefficient (Wildman–Crippen LogP) is 4.97. The van der Waals surface area contributed by atoms with Gasteiger partial charge < -0.3 is 24.2 Å². The molecule has 0 saturated carbocycles. The largest absolute Gasteiger partial charge is 0.504 e. The maximum atomic E-state index is 10.6. The monoisotopic (exact) mass is 444 g/mol. The minimum absolute atomic E-state index is 0. The van der Waals surface area contributed by atoms with Gasteiger partial charge in [-0.2, -0.15) is 0 Å². The van der Waals surface area contributed by atoms with Gasteiger partial charge in [0.15, 0.2) is 11.5 Å².